The van der Waals surface area contributed by atoms with Crippen molar-refractivity contribution in [3.8, 4) is 27.8 Å². The summed E-state index contributed by atoms with van der Waals surface area (Å²) < 4.78 is 15.7. The van der Waals surface area contributed by atoms with Gasteiger partial charge in [0, 0.05) is 11.3 Å². The summed E-state index contributed by atoms with van der Waals surface area (Å²) in [5, 5.41) is 3.99. The quantitative estimate of drug-likeness (QED) is 0.606. The predicted molar refractivity (Wildman–Crippen MR) is 111 cm³/mol. The third kappa shape index (κ3) is 4.05. The molecule has 1 amide bonds. The van der Waals surface area contributed by atoms with Crippen molar-refractivity contribution < 1.29 is 19.0 Å². The molecule has 2 aromatic carbocycles. The second-order valence-corrected chi connectivity index (χ2v) is 7.21. The number of nitrogens with zero attached hydrogens (tertiary/aromatic N) is 1. The van der Waals surface area contributed by atoms with Crippen LogP contribution in [0.4, 0.5) is 5.69 Å². The van der Waals surface area contributed by atoms with Gasteiger partial charge in [-0.15, -0.1) is 11.3 Å². The third-order valence-corrected chi connectivity index (χ3v) is 5.54. The Balaban J connectivity index is 1.85. The maximum atomic E-state index is 12.7. The lowest BCUT2D eigenvalue weighted by atomic mass is 10.2. The van der Waals surface area contributed by atoms with Gasteiger partial charge < -0.3 is 19.5 Å². The second-order valence-electron chi connectivity index (χ2n) is 5.81. The lowest BCUT2D eigenvalue weighted by molar-refractivity contribution is 0.103. The molecule has 0 aliphatic carbocycles. The van der Waals surface area contributed by atoms with Gasteiger partial charge in [0.15, 0.2) is 11.5 Å². The molecule has 0 aliphatic rings. The van der Waals surface area contributed by atoms with Crippen LogP contribution in [0, 0.1) is 6.92 Å². The Morgan fingerprint density at radius 1 is 1.00 bits per heavy atom. The summed E-state index contributed by atoms with van der Waals surface area (Å²) in [5.41, 5.74) is 2.07. The molecule has 0 spiro atoms. The molecule has 0 saturated heterocycles. The molecule has 0 atom stereocenters. The van der Waals surface area contributed by atoms with Crippen molar-refractivity contribution in [3.63, 3.8) is 0 Å². The average Bonchev–Trinajstić information content (AvgIpc) is 3.09. The molecular formula is C20H19ClN2O4S. The Bertz CT molecular complexity index is 1020. The second kappa shape index (κ2) is 8.50. The van der Waals surface area contributed by atoms with Crippen molar-refractivity contribution in [3.05, 3.63) is 52.0 Å². The van der Waals surface area contributed by atoms with E-state index in [1.165, 1.54) is 18.4 Å². The first kappa shape index (κ1) is 20.0. The number of methoxy groups -OCH3 is 3. The van der Waals surface area contributed by atoms with Gasteiger partial charge >= 0.3 is 0 Å². The fourth-order valence-corrected chi connectivity index (χ4v) is 3.85. The maximum absolute atomic E-state index is 12.7. The highest BCUT2D eigenvalue weighted by Gasteiger charge is 2.18. The molecule has 0 saturated carbocycles. The summed E-state index contributed by atoms with van der Waals surface area (Å²) in [5.74, 6) is 1.54. The van der Waals surface area contributed by atoms with Gasteiger partial charge in [0.25, 0.3) is 5.91 Å². The summed E-state index contributed by atoms with van der Waals surface area (Å²) in [6.45, 7) is 1.80. The molecule has 0 radical (unpaired) electrons. The summed E-state index contributed by atoms with van der Waals surface area (Å²) >= 11 is 7.43. The minimum absolute atomic E-state index is 0.247. The van der Waals surface area contributed by atoms with E-state index in [4.69, 9.17) is 25.8 Å². The minimum Gasteiger partial charge on any atom is -0.495 e. The highest BCUT2D eigenvalue weighted by Crippen LogP contribution is 2.35. The summed E-state index contributed by atoms with van der Waals surface area (Å²) in [4.78, 5) is 17.8. The number of rotatable bonds is 6. The third-order valence-electron chi connectivity index (χ3n) is 4.04. The number of nitrogens with one attached hydrogen (secondary N) is 1. The number of aromatic nitrogens is 1. The zero-order valence-electron chi connectivity index (χ0n) is 15.8. The monoisotopic (exact) mass is 418 g/mol. The molecule has 6 nitrogen and oxygen atoms in total. The van der Waals surface area contributed by atoms with E-state index in [0.717, 1.165) is 10.6 Å². The SMILES string of the molecule is COc1ccc(NC(=O)c2sc(-c3ccc(OC)c(OC)c3)nc2C)cc1Cl. The first-order chi connectivity index (χ1) is 13.5. The number of aryl methyl sites for hydroxylation is 1. The summed E-state index contributed by atoms with van der Waals surface area (Å²) in [7, 11) is 4.70. The highest BCUT2D eigenvalue weighted by atomic mass is 35.5. The number of carbonyl (C=O) groups is 1. The van der Waals surface area contributed by atoms with Gasteiger partial charge in [-0.2, -0.15) is 0 Å². The highest BCUT2D eigenvalue weighted by molar-refractivity contribution is 7.17. The van der Waals surface area contributed by atoms with Crippen LogP contribution in [0.3, 0.4) is 0 Å². The van der Waals surface area contributed by atoms with Gasteiger partial charge in [0.1, 0.15) is 15.6 Å². The van der Waals surface area contributed by atoms with Crippen molar-refractivity contribution in [2.45, 2.75) is 6.92 Å². The molecule has 28 heavy (non-hydrogen) atoms. The normalized spacial score (nSPS) is 10.5. The summed E-state index contributed by atoms with van der Waals surface area (Å²) in [6, 6.07) is 10.6. The number of ether oxygens (including phenoxy) is 3. The Morgan fingerprint density at radius 2 is 1.68 bits per heavy atom. The van der Waals surface area contributed by atoms with Crippen LogP contribution < -0.4 is 19.5 Å². The average molecular weight is 419 g/mol. The Kier molecular flexibility index (Phi) is 6.06. The number of anilines is 1. The van der Waals surface area contributed by atoms with Crippen LogP contribution in [-0.2, 0) is 0 Å². The fourth-order valence-electron chi connectivity index (χ4n) is 2.63. The zero-order valence-corrected chi connectivity index (χ0v) is 17.4. The summed E-state index contributed by atoms with van der Waals surface area (Å²) in [6.07, 6.45) is 0. The van der Waals surface area contributed by atoms with Gasteiger partial charge in [-0.1, -0.05) is 11.6 Å². The van der Waals surface area contributed by atoms with E-state index in [1.807, 2.05) is 18.2 Å². The van der Waals surface area contributed by atoms with E-state index < -0.39 is 0 Å². The first-order valence-electron chi connectivity index (χ1n) is 8.31. The smallest absolute Gasteiger partial charge is 0.267 e. The zero-order chi connectivity index (χ0) is 20.3. The number of amides is 1. The van der Waals surface area contributed by atoms with Gasteiger partial charge in [-0.05, 0) is 43.3 Å². The van der Waals surface area contributed by atoms with Crippen LogP contribution in [0.25, 0.3) is 10.6 Å². The molecule has 0 aliphatic heterocycles. The van der Waals surface area contributed by atoms with Crippen molar-refractivity contribution in [1.29, 1.82) is 0 Å². The number of halogens is 1. The molecule has 146 valence electrons. The number of hydrogen-bond donors (Lipinski definition) is 1. The Hall–Kier alpha value is -2.77. The van der Waals surface area contributed by atoms with E-state index >= 15 is 0 Å². The van der Waals surface area contributed by atoms with Crippen molar-refractivity contribution >= 4 is 34.5 Å². The van der Waals surface area contributed by atoms with Gasteiger partial charge in [-0.25, -0.2) is 4.98 Å². The lowest BCUT2D eigenvalue weighted by Crippen LogP contribution is -2.11. The van der Waals surface area contributed by atoms with Crippen molar-refractivity contribution in [1.82, 2.24) is 4.98 Å². The van der Waals surface area contributed by atoms with Crippen LogP contribution in [0.1, 0.15) is 15.4 Å². The number of benzene rings is 2. The van der Waals surface area contributed by atoms with Crippen molar-refractivity contribution in [2.75, 3.05) is 26.6 Å². The molecule has 0 fully saturated rings. The largest absolute Gasteiger partial charge is 0.495 e. The molecule has 1 N–H and O–H groups in total. The Labute approximate surface area is 172 Å². The van der Waals surface area contributed by atoms with E-state index in [-0.39, 0.29) is 5.91 Å². The van der Waals surface area contributed by atoms with E-state index in [9.17, 15) is 4.79 Å². The van der Waals surface area contributed by atoms with Gasteiger partial charge in [0.2, 0.25) is 0 Å². The molecule has 3 aromatic rings. The number of carbonyl (C=O) groups excluding carboxylic acids is 1. The molecule has 1 heterocycles. The molecule has 0 unspecified atom stereocenters. The van der Waals surface area contributed by atoms with Crippen LogP contribution in [0.5, 0.6) is 17.2 Å². The molecule has 1 aromatic heterocycles. The standard InChI is InChI=1S/C20H19ClN2O4S/c1-11-18(19(24)23-13-6-8-15(25-2)14(21)10-13)28-20(22-11)12-5-7-16(26-3)17(9-12)27-4/h5-10H,1-4H3,(H,23,24). The molecular weight excluding hydrogens is 400 g/mol. The van der Waals surface area contributed by atoms with Crippen LogP contribution in [0.15, 0.2) is 36.4 Å². The molecule has 8 heteroatoms. The number of hydrogen-bond acceptors (Lipinski definition) is 6. The van der Waals surface area contributed by atoms with E-state index in [1.54, 1.807) is 39.3 Å². The minimum atomic E-state index is -0.247. The van der Waals surface area contributed by atoms with Gasteiger partial charge in [-0.3, -0.25) is 4.79 Å². The maximum Gasteiger partial charge on any atom is 0.267 e. The van der Waals surface area contributed by atoms with Crippen LogP contribution in [-0.4, -0.2) is 32.2 Å². The lowest BCUT2D eigenvalue weighted by Gasteiger charge is -2.08. The topological polar surface area (TPSA) is 69.7 Å². The van der Waals surface area contributed by atoms with Crippen molar-refractivity contribution in [2.24, 2.45) is 0 Å². The van der Waals surface area contributed by atoms with E-state index in [0.29, 0.717) is 38.5 Å². The molecule has 3 rings (SSSR count). The Morgan fingerprint density at radius 3 is 2.32 bits per heavy atom. The number of thiazole rings is 1. The first-order valence-corrected chi connectivity index (χ1v) is 9.51. The van der Waals surface area contributed by atoms with Crippen LogP contribution in [0.2, 0.25) is 5.02 Å². The van der Waals surface area contributed by atoms with E-state index in [2.05, 4.69) is 10.3 Å². The predicted octanol–water partition coefficient (Wildman–Crippen LogP) is 5.05. The van der Waals surface area contributed by atoms with Crippen LogP contribution >= 0.6 is 22.9 Å². The molecule has 0 bridgehead atoms. The van der Waals surface area contributed by atoms with Gasteiger partial charge in [0.05, 0.1) is 32.0 Å². The fraction of sp³-hybridized carbons (Fsp3) is 0.200.